The summed E-state index contributed by atoms with van der Waals surface area (Å²) in [7, 11) is 0. The fourth-order valence-corrected chi connectivity index (χ4v) is 1.73. The number of rotatable bonds is 4. The zero-order valence-corrected chi connectivity index (χ0v) is 11.9. The van der Waals surface area contributed by atoms with E-state index in [4.69, 9.17) is 0 Å². The van der Waals surface area contributed by atoms with Crippen molar-refractivity contribution in [3.63, 3.8) is 0 Å². The lowest BCUT2D eigenvalue weighted by atomic mass is 9.89. The molecule has 0 aliphatic rings. The molecule has 0 saturated heterocycles. The molecule has 0 aromatic heterocycles. The van der Waals surface area contributed by atoms with E-state index in [1.807, 2.05) is 46.8 Å². The molecular weight excluding hydrogens is 226 g/mol. The van der Waals surface area contributed by atoms with E-state index in [1.165, 1.54) is 0 Å². The van der Waals surface area contributed by atoms with Crippen molar-refractivity contribution in [2.75, 3.05) is 0 Å². The first-order valence-corrected chi connectivity index (χ1v) is 6.35. The van der Waals surface area contributed by atoms with Crippen molar-refractivity contribution >= 4 is 5.91 Å². The second kappa shape index (κ2) is 5.42. The number of phenols is 1. The summed E-state index contributed by atoms with van der Waals surface area (Å²) < 4.78 is 0. The molecule has 2 N–H and O–H groups in total. The van der Waals surface area contributed by atoms with Gasteiger partial charge in [0.15, 0.2) is 0 Å². The molecule has 0 aliphatic carbocycles. The third kappa shape index (κ3) is 3.25. The van der Waals surface area contributed by atoms with Gasteiger partial charge in [-0.15, -0.1) is 0 Å². The molecule has 3 nitrogen and oxygen atoms in total. The van der Waals surface area contributed by atoms with Gasteiger partial charge in [0.25, 0.3) is 0 Å². The Labute approximate surface area is 109 Å². The van der Waals surface area contributed by atoms with Crippen LogP contribution in [0.15, 0.2) is 12.1 Å². The molecule has 0 unspecified atom stereocenters. The number of carbonyl (C=O) groups excluding carboxylic acids is 1. The van der Waals surface area contributed by atoms with Crippen molar-refractivity contribution in [2.45, 2.75) is 47.6 Å². The first kappa shape index (κ1) is 14.6. The maximum absolute atomic E-state index is 11.9. The number of hydrogen-bond donors (Lipinski definition) is 2. The Balaban J connectivity index is 2.73. The van der Waals surface area contributed by atoms with Gasteiger partial charge < -0.3 is 10.4 Å². The number of phenolic OH excluding ortho intramolecular Hbond substituents is 1. The molecule has 18 heavy (non-hydrogen) atoms. The fraction of sp³-hybridized carbons (Fsp3) is 0.533. The minimum absolute atomic E-state index is 0.0633. The first-order chi connectivity index (χ1) is 8.27. The van der Waals surface area contributed by atoms with Gasteiger partial charge in [-0.3, -0.25) is 4.79 Å². The molecular formula is C15H23NO2. The van der Waals surface area contributed by atoms with E-state index in [9.17, 15) is 9.90 Å². The Bertz CT molecular complexity index is 427. The third-order valence-electron chi connectivity index (χ3n) is 3.50. The molecule has 0 spiro atoms. The number of nitrogens with one attached hydrogen (secondary N) is 1. The highest BCUT2D eigenvalue weighted by atomic mass is 16.3. The van der Waals surface area contributed by atoms with Crippen molar-refractivity contribution in [3.05, 3.63) is 28.8 Å². The Morgan fingerprint density at radius 3 is 2.22 bits per heavy atom. The molecule has 1 rings (SSSR count). The van der Waals surface area contributed by atoms with Crippen LogP contribution < -0.4 is 5.32 Å². The van der Waals surface area contributed by atoms with Crippen molar-refractivity contribution in [1.82, 2.24) is 5.32 Å². The normalized spacial score (nSPS) is 11.4. The fourth-order valence-electron chi connectivity index (χ4n) is 1.73. The van der Waals surface area contributed by atoms with Crippen LogP contribution in [-0.2, 0) is 11.3 Å². The Hall–Kier alpha value is -1.51. The first-order valence-electron chi connectivity index (χ1n) is 6.35. The van der Waals surface area contributed by atoms with E-state index in [1.54, 1.807) is 0 Å². The number of carbonyl (C=O) groups is 1. The van der Waals surface area contributed by atoms with Crippen LogP contribution in [0.25, 0.3) is 0 Å². The summed E-state index contributed by atoms with van der Waals surface area (Å²) in [6.45, 7) is 10.1. The van der Waals surface area contributed by atoms with E-state index < -0.39 is 0 Å². The number of aryl methyl sites for hydroxylation is 2. The summed E-state index contributed by atoms with van der Waals surface area (Å²) >= 11 is 0. The van der Waals surface area contributed by atoms with Crippen LogP contribution in [0.1, 0.15) is 43.9 Å². The van der Waals surface area contributed by atoms with Crippen LogP contribution in [0.2, 0.25) is 0 Å². The molecule has 0 saturated carbocycles. The second-order valence-electron chi connectivity index (χ2n) is 5.50. The van der Waals surface area contributed by atoms with Crippen LogP contribution in [0.3, 0.4) is 0 Å². The number of amides is 1. The van der Waals surface area contributed by atoms with Crippen LogP contribution in [-0.4, -0.2) is 11.0 Å². The van der Waals surface area contributed by atoms with Gasteiger partial charge in [0.1, 0.15) is 5.75 Å². The molecule has 0 aliphatic heterocycles. The molecule has 3 heteroatoms. The highest BCUT2D eigenvalue weighted by Crippen LogP contribution is 2.23. The van der Waals surface area contributed by atoms with Gasteiger partial charge in [0, 0.05) is 12.0 Å². The topological polar surface area (TPSA) is 49.3 Å². The van der Waals surface area contributed by atoms with E-state index in [0.717, 1.165) is 23.1 Å². The maximum atomic E-state index is 11.9. The number of aromatic hydroxyl groups is 1. The van der Waals surface area contributed by atoms with Gasteiger partial charge in [-0.1, -0.05) is 32.9 Å². The monoisotopic (exact) mass is 249 g/mol. The van der Waals surface area contributed by atoms with Crippen molar-refractivity contribution in [3.8, 4) is 5.75 Å². The van der Waals surface area contributed by atoms with Crippen LogP contribution in [0.5, 0.6) is 5.75 Å². The highest BCUT2D eigenvalue weighted by molar-refractivity contribution is 5.81. The van der Waals surface area contributed by atoms with Crippen molar-refractivity contribution < 1.29 is 9.90 Å². The molecule has 0 atom stereocenters. The summed E-state index contributed by atoms with van der Waals surface area (Å²) in [6, 6.07) is 3.81. The van der Waals surface area contributed by atoms with Crippen molar-refractivity contribution in [2.24, 2.45) is 5.41 Å². The molecule has 1 amide bonds. The lowest BCUT2D eigenvalue weighted by Crippen LogP contribution is -2.36. The molecule has 0 bridgehead atoms. The molecule has 100 valence electrons. The summed E-state index contributed by atoms with van der Waals surface area (Å²) in [5, 5.41) is 12.6. The van der Waals surface area contributed by atoms with Gasteiger partial charge in [-0.2, -0.15) is 0 Å². The van der Waals surface area contributed by atoms with Gasteiger partial charge in [0.05, 0.1) is 0 Å². The van der Waals surface area contributed by atoms with Gasteiger partial charge in [-0.25, -0.2) is 0 Å². The van der Waals surface area contributed by atoms with Crippen LogP contribution >= 0.6 is 0 Å². The quantitative estimate of drug-likeness (QED) is 0.861. The van der Waals surface area contributed by atoms with Gasteiger partial charge >= 0.3 is 0 Å². The third-order valence-corrected chi connectivity index (χ3v) is 3.50. The predicted molar refractivity (Wildman–Crippen MR) is 73.5 cm³/mol. The number of benzene rings is 1. The van der Waals surface area contributed by atoms with Gasteiger partial charge in [-0.05, 0) is 37.0 Å². The maximum Gasteiger partial charge on any atom is 0.225 e. The van der Waals surface area contributed by atoms with E-state index in [0.29, 0.717) is 12.3 Å². The average molecular weight is 249 g/mol. The lowest BCUT2D eigenvalue weighted by Gasteiger charge is -2.21. The summed E-state index contributed by atoms with van der Waals surface area (Å²) in [5.74, 6) is 0.396. The SMILES string of the molecule is CCC(C)(C)C(=O)NCc1cc(C)c(O)c(C)c1. The highest BCUT2D eigenvalue weighted by Gasteiger charge is 2.24. The van der Waals surface area contributed by atoms with Gasteiger partial charge in [0.2, 0.25) is 5.91 Å². The molecule has 0 fully saturated rings. The lowest BCUT2D eigenvalue weighted by molar-refractivity contribution is -0.129. The van der Waals surface area contributed by atoms with Crippen LogP contribution in [0, 0.1) is 19.3 Å². The summed E-state index contributed by atoms with van der Waals surface area (Å²) in [5.41, 5.74) is 2.37. The standard InChI is InChI=1S/C15H23NO2/c1-6-15(4,5)14(18)16-9-12-7-10(2)13(17)11(3)8-12/h7-8,17H,6,9H2,1-5H3,(H,16,18). The molecule has 0 heterocycles. The second-order valence-corrected chi connectivity index (χ2v) is 5.50. The number of hydrogen-bond acceptors (Lipinski definition) is 2. The van der Waals surface area contributed by atoms with E-state index >= 15 is 0 Å². The van der Waals surface area contributed by atoms with Crippen LogP contribution in [0.4, 0.5) is 0 Å². The van der Waals surface area contributed by atoms with E-state index in [2.05, 4.69) is 5.32 Å². The minimum Gasteiger partial charge on any atom is -0.507 e. The Kier molecular flexibility index (Phi) is 4.38. The zero-order valence-electron chi connectivity index (χ0n) is 11.9. The predicted octanol–water partition coefficient (Wildman–Crippen LogP) is 3.06. The Morgan fingerprint density at radius 2 is 1.78 bits per heavy atom. The van der Waals surface area contributed by atoms with Crippen molar-refractivity contribution in [1.29, 1.82) is 0 Å². The smallest absolute Gasteiger partial charge is 0.225 e. The average Bonchev–Trinajstić information content (AvgIpc) is 2.32. The summed E-state index contributed by atoms with van der Waals surface area (Å²) in [4.78, 5) is 11.9. The van der Waals surface area contributed by atoms with E-state index in [-0.39, 0.29) is 11.3 Å². The molecule has 1 aromatic carbocycles. The largest absolute Gasteiger partial charge is 0.507 e. The Morgan fingerprint density at radius 1 is 1.28 bits per heavy atom. The molecule has 1 aromatic rings. The molecule has 0 radical (unpaired) electrons. The zero-order chi connectivity index (χ0) is 13.9. The minimum atomic E-state index is -0.332. The summed E-state index contributed by atoms with van der Waals surface area (Å²) in [6.07, 6.45) is 0.812.